The van der Waals surface area contributed by atoms with Gasteiger partial charge in [0.2, 0.25) is 0 Å². The van der Waals surface area contributed by atoms with Crippen molar-refractivity contribution in [1.82, 2.24) is 15.6 Å². The molecule has 30 heavy (non-hydrogen) atoms. The van der Waals surface area contributed by atoms with Crippen LogP contribution in [-0.4, -0.2) is 42.8 Å². The number of thiophene rings is 1. The summed E-state index contributed by atoms with van der Waals surface area (Å²) in [6, 6.07) is 19.4. The van der Waals surface area contributed by atoms with Gasteiger partial charge in [0.1, 0.15) is 16.7 Å². The van der Waals surface area contributed by atoms with Gasteiger partial charge in [0.25, 0.3) is 0 Å². The van der Waals surface area contributed by atoms with Crippen molar-refractivity contribution in [2.24, 2.45) is 9.98 Å². The molecular weight excluding hydrogens is 410 g/mol. The molecule has 148 valence electrons. The maximum Gasteiger partial charge on any atom is 0.138 e. The highest BCUT2D eigenvalue weighted by atomic mass is 32.1. The van der Waals surface area contributed by atoms with Gasteiger partial charge in [-0.2, -0.15) is 0 Å². The minimum absolute atomic E-state index is 0.851. The fraction of sp³-hybridized carbons (Fsp3) is 0.174. The lowest BCUT2D eigenvalue weighted by Crippen LogP contribution is -2.19. The Morgan fingerprint density at radius 2 is 1.37 bits per heavy atom. The summed E-state index contributed by atoms with van der Waals surface area (Å²) >= 11 is 3.51. The Morgan fingerprint density at radius 3 is 2.13 bits per heavy atom. The molecule has 4 heterocycles. The van der Waals surface area contributed by atoms with Crippen molar-refractivity contribution < 1.29 is 0 Å². The molecular formula is C23H19N5S2. The third kappa shape index (κ3) is 3.20. The van der Waals surface area contributed by atoms with E-state index in [-0.39, 0.29) is 0 Å². The van der Waals surface area contributed by atoms with Crippen molar-refractivity contribution in [1.29, 1.82) is 0 Å². The van der Waals surface area contributed by atoms with Gasteiger partial charge in [-0.15, -0.1) is 22.7 Å². The maximum atomic E-state index is 4.85. The highest BCUT2D eigenvalue weighted by Crippen LogP contribution is 2.34. The summed E-state index contributed by atoms with van der Waals surface area (Å²) in [6.45, 7) is 3.57. The van der Waals surface area contributed by atoms with E-state index in [0.29, 0.717) is 0 Å². The van der Waals surface area contributed by atoms with Gasteiger partial charge in [-0.25, -0.2) is 4.98 Å². The van der Waals surface area contributed by atoms with E-state index in [1.165, 1.54) is 20.0 Å². The average molecular weight is 430 g/mol. The molecule has 0 spiro atoms. The van der Waals surface area contributed by atoms with Crippen LogP contribution in [0.1, 0.15) is 10.4 Å². The number of aliphatic imine (C=N–C) groups is 2. The van der Waals surface area contributed by atoms with E-state index in [2.05, 4.69) is 75.2 Å². The summed E-state index contributed by atoms with van der Waals surface area (Å²) in [5, 5.41) is 7.73. The minimum atomic E-state index is 0.851. The quantitative estimate of drug-likeness (QED) is 0.506. The van der Waals surface area contributed by atoms with Crippen LogP contribution in [0, 0.1) is 0 Å². The number of amidine groups is 2. The van der Waals surface area contributed by atoms with E-state index >= 15 is 0 Å². The van der Waals surface area contributed by atoms with Gasteiger partial charge in [0.15, 0.2) is 0 Å². The predicted molar refractivity (Wildman–Crippen MR) is 127 cm³/mol. The lowest BCUT2D eigenvalue weighted by atomic mass is 10.1. The second kappa shape index (κ2) is 7.34. The number of hydrogen-bond donors (Lipinski definition) is 2. The van der Waals surface area contributed by atoms with Crippen LogP contribution in [0.2, 0.25) is 0 Å². The standard InChI is InChI=1S/C23H19N5S2/c1-3-15(4-2-14(1)18-7-8-19(29-18)22-26-11-12-27-22)23-28-17-6-5-16(13-20(17)30-23)21-24-9-10-25-21/h1-8,13H,9-12H2,(H,24,25)(H,26,27). The smallest absolute Gasteiger partial charge is 0.138 e. The Labute approximate surface area is 182 Å². The SMILES string of the molecule is c1cc2nc(-c3ccc(-c4ccc(C5=NCCN5)s4)cc3)sc2cc1C1=NCCN1. The molecule has 2 aromatic carbocycles. The number of thiazole rings is 1. The zero-order chi connectivity index (χ0) is 19.9. The predicted octanol–water partition coefficient (Wildman–Crippen LogP) is 4.39. The van der Waals surface area contributed by atoms with Crippen molar-refractivity contribution in [2.75, 3.05) is 26.2 Å². The molecule has 0 saturated carbocycles. The molecule has 0 radical (unpaired) electrons. The number of benzene rings is 2. The van der Waals surface area contributed by atoms with Crippen LogP contribution in [0.4, 0.5) is 0 Å². The van der Waals surface area contributed by atoms with Crippen molar-refractivity contribution in [3.63, 3.8) is 0 Å². The average Bonchev–Trinajstić information content (AvgIpc) is 3.58. The van der Waals surface area contributed by atoms with E-state index < -0.39 is 0 Å². The molecule has 0 unspecified atom stereocenters. The van der Waals surface area contributed by atoms with Crippen molar-refractivity contribution in [3.05, 3.63) is 65.0 Å². The normalized spacial score (nSPS) is 15.7. The number of nitrogens with zero attached hydrogens (tertiary/aromatic N) is 3. The number of nitrogens with one attached hydrogen (secondary N) is 2. The molecule has 4 aromatic rings. The molecule has 7 heteroatoms. The topological polar surface area (TPSA) is 61.7 Å². The van der Waals surface area contributed by atoms with Crippen LogP contribution >= 0.6 is 22.7 Å². The monoisotopic (exact) mass is 429 g/mol. The zero-order valence-corrected chi connectivity index (χ0v) is 17.8. The zero-order valence-electron chi connectivity index (χ0n) is 16.2. The van der Waals surface area contributed by atoms with Gasteiger partial charge in [-0.05, 0) is 35.9 Å². The van der Waals surface area contributed by atoms with E-state index in [1.807, 2.05) is 0 Å². The van der Waals surface area contributed by atoms with Crippen molar-refractivity contribution >= 4 is 44.6 Å². The summed E-state index contributed by atoms with van der Waals surface area (Å²) in [7, 11) is 0. The summed E-state index contributed by atoms with van der Waals surface area (Å²) in [6.07, 6.45) is 0. The van der Waals surface area contributed by atoms with Gasteiger partial charge in [0.05, 0.1) is 28.2 Å². The molecule has 2 N–H and O–H groups in total. The van der Waals surface area contributed by atoms with Crippen LogP contribution in [0.5, 0.6) is 0 Å². The first-order valence-electron chi connectivity index (χ1n) is 10.0. The molecule has 0 aliphatic carbocycles. The van der Waals surface area contributed by atoms with Gasteiger partial charge in [-0.3, -0.25) is 9.98 Å². The molecule has 0 atom stereocenters. The number of fused-ring (bicyclic) bond motifs is 1. The highest BCUT2D eigenvalue weighted by molar-refractivity contribution is 7.21. The summed E-state index contributed by atoms with van der Waals surface area (Å²) < 4.78 is 1.19. The number of aromatic nitrogens is 1. The summed E-state index contributed by atoms with van der Waals surface area (Å²) in [5.41, 5.74) is 4.55. The molecule has 0 bridgehead atoms. The summed E-state index contributed by atoms with van der Waals surface area (Å²) in [4.78, 5) is 16.3. The summed E-state index contributed by atoms with van der Waals surface area (Å²) in [5.74, 6) is 2.01. The third-order valence-electron chi connectivity index (χ3n) is 5.27. The van der Waals surface area contributed by atoms with Crippen molar-refractivity contribution in [3.8, 4) is 21.0 Å². The van der Waals surface area contributed by atoms with Gasteiger partial charge in [0, 0.05) is 29.1 Å². The van der Waals surface area contributed by atoms with Crippen LogP contribution in [0.25, 0.3) is 31.2 Å². The van der Waals surface area contributed by atoms with E-state index in [9.17, 15) is 0 Å². The molecule has 2 aromatic heterocycles. The van der Waals surface area contributed by atoms with Crippen LogP contribution < -0.4 is 10.6 Å². The Bertz CT molecular complexity index is 1300. The van der Waals surface area contributed by atoms with Crippen LogP contribution in [0.3, 0.4) is 0 Å². The number of hydrogen-bond acceptors (Lipinski definition) is 7. The molecule has 0 fully saturated rings. The lowest BCUT2D eigenvalue weighted by Gasteiger charge is -2.01. The molecule has 6 rings (SSSR count). The van der Waals surface area contributed by atoms with Crippen LogP contribution in [0.15, 0.2) is 64.6 Å². The van der Waals surface area contributed by atoms with Gasteiger partial charge >= 0.3 is 0 Å². The first kappa shape index (κ1) is 17.8. The second-order valence-electron chi connectivity index (χ2n) is 7.26. The van der Waals surface area contributed by atoms with Gasteiger partial charge < -0.3 is 10.6 Å². The minimum Gasteiger partial charge on any atom is -0.368 e. The molecule has 0 amide bonds. The largest absolute Gasteiger partial charge is 0.368 e. The van der Waals surface area contributed by atoms with E-state index in [4.69, 9.17) is 4.98 Å². The second-order valence-corrected chi connectivity index (χ2v) is 9.37. The van der Waals surface area contributed by atoms with Gasteiger partial charge in [-0.1, -0.05) is 24.3 Å². The molecule has 2 aliphatic heterocycles. The Balaban J connectivity index is 1.28. The molecule has 2 aliphatic rings. The van der Waals surface area contributed by atoms with E-state index in [1.54, 1.807) is 22.7 Å². The van der Waals surface area contributed by atoms with Crippen molar-refractivity contribution in [2.45, 2.75) is 0 Å². The maximum absolute atomic E-state index is 4.85. The third-order valence-corrected chi connectivity index (χ3v) is 7.47. The Kier molecular flexibility index (Phi) is 4.35. The Morgan fingerprint density at radius 1 is 0.667 bits per heavy atom. The number of rotatable bonds is 4. The fourth-order valence-electron chi connectivity index (χ4n) is 3.75. The lowest BCUT2D eigenvalue weighted by molar-refractivity contribution is 0.960. The fourth-order valence-corrected chi connectivity index (χ4v) is 5.75. The highest BCUT2D eigenvalue weighted by Gasteiger charge is 2.13. The molecule has 5 nitrogen and oxygen atoms in total. The van der Waals surface area contributed by atoms with E-state index in [0.717, 1.165) is 59.5 Å². The first-order valence-corrected chi connectivity index (χ1v) is 11.7. The molecule has 0 saturated heterocycles. The Hall–Kier alpha value is -3.03. The van der Waals surface area contributed by atoms with Crippen LogP contribution in [-0.2, 0) is 0 Å². The first-order chi connectivity index (χ1) is 14.8.